The summed E-state index contributed by atoms with van der Waals surface area (Å²) >= 11 is 0. The molecule has 2 atom stereocenters. The second-order valence-electron chi connectivity index (χ2n) is 9.51. The van der Waals surface area contributed by atoms with Gasteiger partial charge in [0.2, 0.25) is 0 Å². The molecule has 0 saturated carbocycles. The maximum absolute atomic E-state index is 13.3. The Hall–Kier alpha value is -3.57. The van der Waals surface area contributed by atoms with Gasteiger partial charge in [-0.25, -0.2) is 9.78 Å². The molecule has 0 bridgehead atoms. The predicted octanol–water partition coefficient (Wildman–Crippen LogP) is 3.41. The van der Waals surface area contributed by atoms with Crippen molar-refractivity contribution in [3.05, 3.63) is 47.0 Å². The van der Waals surface area contributed by atoms with Crippen LogP contribution < -0.4 is 11.1 Å². The van der Waals surface area contributed by atoms with Gasteiger partial charge in [-0.15, -0.1) is 0 Å². The van der Waals surface area contributed by atoms with Crippen LogP contribution in [0.25, 0.3) is 11.3 Å². The number of amides is 2. The number of nitrogens with two attached hydrogens (primary N) is 1. The number of nitrogens with one attached hydrogen (secondary N) is 1. The maximum Gasteiger partial charge on any atom is 0.419 e. The van der Waals surface area contributed by atoms with Gasteiger partial charge in [-0.05, 0) is 38.8 Å². The molecule has 5 rings (SSSR count). The van der Waals surface area contributed by atoms with Crippen LogP contribution in [-0.2, 0) is 25.2 Å². The zero-order valence-electron chi connectivity index (χ0n) is 19.7. The van der Waals surface area contributed by atoms with Crippen LogP contribution in [0.1, 0.15) is 48.3 Å². The molecule has 2 amide bonds. The molecular weight excluding hydrogens is 461 g/mol. The molecule has 0 aliphatic carbocycles. The standard InChI is InChI=1S/C23H27F3N8O/c1-13(16-11-32(3)30-14(16)2)29-21(35)33-6-4-22(12-33)5-7-34-19(22)9-18(31-34)15-8-17(23(24,25)26)20(27)28-10-15/h8-11,13H,4-7,12H2,1-3H3,(H2,27,28)(H,29,35)/t13?,22-/m1/s1. The van der Waals surface area contributed by atoms with E-state index in [1.807, 2.05) is 37.8 Å². The largest absolute Gasteiger partial charge is 0.419 e. The monoisotopic (exact) mass is 488 g/mol. The lowest BCUT2D eigenvalue weighted by atomic mass is 9.82. The number of nitrogens with zero attached hydrogens (tertiary/aromatic N) is 6. The van der Waals surface area contributed by atoms with E-state index >= 15 is 0 Å². The van der Waals surface area contributed by atoms with E-state index in [4.69, 9.17) is 5.73 Å². The molecule has 5 heterocycles. The Morgan fingerprint density at radius 2 is 1.97 bits per heavy atom. The van der Waals surface area contributed by atoms with E-state index < -0.39 is 17.6 Å². The van der Waals surface area contributed by atoms with Gasteiger partial charge in [0.15, 0.2) is 0 Å². The fourth-order valence-corrected chi connectivity index (χ4v) is 5.30. The fourth-order valence-electron chi connectivity index (χ4n) is 5.30. The molecule has 2 aliphatic heterocycles. The van der Waals surface area contributed by atoms with Crippen molar-refractivity contribution in [2.24, 2.45) is 7.05 Å². The van der Waals surface area contributed by atoms with Crippen molar-refractivity contribution in [1.82, 2.24) is 34.8 Å². The molecule has 1 unspecified atom stereocenters. The number of likely N-dealkylation sites (tertiary alicyclic amines) is 1. The second kappa shape index (κ2) is 7.99. The topological polar surface area (TPSA) is 107 Å². The van der Waals surface area contributed by atoms with Crippen molar-refractivity contribution >= 4 is 11.8 Å². The van der Waals surface area contributed by atoms with E-state index in [1.54, 1.807) is 9.58 Å². The van der Waals surface area contributed by atoms with E-state index in [9.17, 15) is 18.0 Å². The van der Waals surface area contributed by atoms with E-state index in [0.717, 1.165) is 35.9 Å². The normalized spacial score (nSPS) is 20.5. The van der Waals surface area contributed by atoms with Gasteiger partial charge >= 0.3 is 12.2 Å². The first kappa shape index (κ1) is 23.2. The number of halogens is 3. The van der Waals surface area contributed by atoms with Crippen LogP contribution in [-0.4, -0.2) is 48.6 Å². The lowest BCUT2D eigenvalue weighted by Crippen LogP contribution is -2.41. The van der Waals surface area contributed by atoms with Gasteiger partial charge in [0.1, 0.15) is 5.82 Å². The highest BCUT2D eigenvalue weighted by molar-refractivity contribution is 5.75. The van der Waals surface area contributed by atoms with E-state index in [-0.39, 0.29) is 23.1 Å². The minimum absolute atomic E-state index is 0.145. The van der Waals surface area contributed by atoms with Gasteiger partial charge < -0.3 is 16.0 Å². The molecule has 3 aromatic heterocycles. The average Bonchev–Trinajstić information content (AvgIpc) is 3.53. The number of carbonyl (C=O) groups excluding carboxylic acids is 1. The van der Waals surface area contributed by atoms with Crippen LogP contribution in [0.5, 0.6) is 0 Å². The number of aryl methyl sites for hydroxylation is 3. The van der Waals surface area contributed by atoms with Crippen molar-refractivity contribution in [3.63, 3.8) is 0 Å². The molecule has 1 fully saturated rings. The number of hydrogen-bond acceptors (Lipinski definition) is 5. The number of nitrogen functional groups attached to an aromatic ring is 1. The molecular formula is C23H27F3N8O. The number of carbonyl (C=O) groups is 1. The zero-order chi connectivity index (χ0) is 25.1. The number of hydrogen-bond donors (Lipinski definition) is 2. The highest BCUT2D eigenvalue weighted by Crippen LogP contribution is 2.44. The smallest absolute Gasteiger partial charge is 0.383 e. The van der Waals surface area contributed by atoms with E-state index in [2.05, 4.69) is 20.5 Å². The summed E-state index contributed by atoms with van der Waals surface area (Å²) in [6, 6.07) is 2.48. The molecule has 12 heteroatoms. The number of anilines is 1. The first-order valence-corrected chi connectivity index (χ1v) is 11.4. The second-order valence-corrected chi connectivity index (χ2v) is 9.51. The van der Waals surface area contributed by atoms with Crippen LogP contribution in [0.4, 0.5) is 23.8 Å². The Labute approximate surface area is 200 Å². The Morgan fingerprint density at radius 1 is 1.23 bits per heavy atom. The zero-order valence-corrected chi connectivity index (χ0v) is 19.7. The highest BCUT2D eigenvalue weighted by atomic mass is 19.4. The Balaban J connectivity index is 1.34. The third kappa shape index (κ3) is 4.00. The lowest BCUT2D eigenvalue weighted by molar-refractivity contribution is -0.137. The van der Waals surface area contributed by atoms with Crippen LogP contribution in [0.15, 0.2) is 24.5 Å². The summed E-state index contributed by atoms with van der Waals surface area (Å²) < 4.78 is 43.4. The van der Waals surface area contributed by atoms with Gasteiger partial charge in [-0.3, -0.25) is 9.36 Å². The predicted molar refractivity (Wildman–Crippen MR) is 122 cm³/mol. The van der Waals surface area contributed by atoms with Gasteiger partial charge in [0.05, 0.1) is 23.0 Å². The van der Waals surface area contributed by atoms with Gasteiger partial charge in [0.25, 0.3) is 0 Å². The molecule has 0 radical (unpaired) electrons. The first-order valence-electron chi connectivity index (χ1n) is 11.4. The molecule has 186 valence electrons. The van der Waals surface area contributed by atoms with Gasteiger partial charge in [-0.1, -0.05) is 0 Å². The summed E-state index contributed by atoms with van der Waals surface area (Å²) in [6.45, 7) is 5.60. The van der Waals surface area contributed by atoms with Crippen molar-refractivity contribution in [3.8, 4) is 11.3 Å². The summed E-state index contributed by atoms with van der Waals surface area (Å²) in [5.41, 5.74) is 7.64. The van der Waals surface area contributed by atoms with Crippen LogP contribution in [0.2, 0.25) is 0 Å². The molecule has 2 aliphatic rings. The molecule has 0 aromatic carbocycles. The Bertz CT molecular complexity index is 1300. The number of urea groups is 1. The van der Waals surface area contributed by atoms with E-state index in [1.165, 1.54) is 6.20 Å². The minimum Gasteiger partial charge on any atom is -0.383 e. The van der Waals surface area contributed by atoms with Crippen molar-refractivity contribution in [2.45, 2.75) is 50.9 Å². The number of aromatic nitrogens is 5. The van der Waals surface area contributed by atoms with Crippen molar-refractivity contribution < 1.29 is 18.0 Å². The Morgan fingerprint density at radius 3 is 2.66 bits per heavy atom. The number of alkyl halides is 3. The molecule has 9 nitrogen and oxygen atoms in total. The van der Waals surface area contributed by atoms with Crippen LogP contribution in [0, 0.1) is 6.92 Å². The maximum atomic E-state index is 13.3. The third-order valence-electron chi connectivity index (χ3n) is 7.14. The van der Waals surface area contributed by atoms with Crippen LogP contribution >= 0.6 is 0 Å². The van der Waals surface area contributed by atoms with E-state index in [0.29, 0.717) is 25.3 Å². The summed E-state index contributed by atoms with van der Waals surface area (Å²) in [5.74, 6) is -0.558. The quantitative estimate of drug-likeness (QED) is 0.588. The van der Waals surface area contributed by atoms with Crippen molar-refractivity contribution in [1.29, 1.82) is 0 Å². The molecule has 1 saturated heterocycles. The van der Waals surface area contributed by atoms with Crippen LogP contribution in [0.3, 0.4) is 0 Å². The lowest BCUT2D eigenvalue weighted by Gasteiger charge is -2.25. The number of rotatable bonds is 3. The number of pyridine rings is 1. The molecule has 1 spiro atoms. The summed E-state index contributed by atoms with van der Waals surface area (Å²) in [7, 11) is 1.84. The Kier molecular flexibility index (Phi) is 5.29. The summed E-state index contributed by atoms with van der Waals surface area (Å²) in [6.07, 6.45) is 0.205. The van der Waals surface area contributed by atoms with Crippen molar-refractivity contribution in [2.75, 3.05) is 18.8 Å². The minimum atomic E-state index is -4.60. The average molecular weight is 489 g/mol. The molecule has 3 N–H and O–H groups in total. The summed E-state index contributed by atoms with van der Waals surface area (Å²) in [4.78, 5) is 18.6. The first-order chi connectivity index (χ1) is 16.5. The SMILES string of the molecule is Cc1nn(C)cc1C(C)NC(=O)N1CC[C@@]2(CCn3nc(-c4cnc(N)c(C(F)(F)F)c4)cc32)C1. The third-order valence-corrected chi connectivity index (χ3v) is 7.14. The molecule has 3 aromatic rings. The summed E-state index contributed by atoms with van der Waals surface area (Å²) in [5, 5.41) is 11.9. The molecule has 35 heavy (non-hydrogen) atoms. The number of fused-ring (bicyclic) bond motifs is 2. The van der Waals surface area contributed by atoms with Gasteiger partial charge in [0, 0.05) is 61.3 Å². The van der Waals surface area contributed by atoms with Gasteiger partial charge in [-0.2, -0.15) is 23.4 Å². The highest BCUT2D eigenvalue weighted by Gasteiger charge is 2.47. The fraction of sp³-hybridized carbons (Fsp3) is 0.478.